The van der Waals surface area contributed by atoms with Crippen LogP contribution in [0.4, 0.5) is 11.4 Å². The number of nitro groups is 1. The molecule has 1 aromatic heterocycles. The van der Waals surface area contributed by atoms with Crippen molar-refractivity contribution in [3.05, 3.63) is 98.9 Å². The number of aryl methyl sites for hydroxylation is 1. The Hall–Kier alpha value is -4.57. The molecular weight excluding hydrogens is 468 g/mol. The van der Waals surface area contributed by atoms with Crippen molar-refractivity contribution in [3.63, 3.8) is 0 Å². The molecule has 0 aliphatic carbocycles. The molecule has 0 bridgehead atoms. The van der Waals surface area contributed by atoms with E-state index in [9.17, 15) is 19.7 Å². The van der Waals surface area contributed by atoms with Gasteiger partial charge in [-0.2, -0.15) is 5.10 Å². The van der Waals surface area contributed by atoms with Gasteiger partial charge in [0.15, 0.2) is 6.61 Å². The second-order valence-electron chi connectivity index (χ2n) is 7.56. The van der Waals surface area contributed by atoms with Gasteiger partial charge in [-0.15, -0.1) is 11.3 Å². The number of nitro benzene ring substituents is 1. The van der Waals surface area contributed by atoms with Gasteiger partial charge >= 0.3 is 0 Å². The third-order valence-electron chi connectivity index (χ3n) is 4.90. The monoisotopic (exact) mass is 488 g/mol. The minimum Gasteiger partial charge on any atom is -0.484 e. The van der Waals surface area contributed by atoms with Gasteiger partial charge in [-0.3, -0.25) is 19.7 Å². The Morgan fingerprint density at radius 2 is 1.80 bits per heavy atom. The van der Waals surface area contributed by atoms with Gasteiger partial charge in [0.05, 0.1) is 16.0 Å². The van der Waals surface area contributed by atoms with Crippen molar-refractivity contribution in [2.45, 2.75) is 6.92 Å². The average molecular weight is 489 g/mol. The van der Waals surface area contributed by atoms with Crippen LogP contribution >= 0.6 is 11.3 Å². The van der Waals surface area contributed by atoms with Gasteiger partial charge in [0, 0.05) is 27.9 Å². The van der Waals surface area contributed by atoms with Crippen LogP contribution in [0, 0.1) is 17.0 Å². The van der Waals surface area contributed by atoms with Crippen molar-refractivity contribution in [3.8, 4) is 5.75 Å². The summed E-state index contributed by atoms with van der Waals surface area (Å²) in [5.41, 5.74) is 4.95. The summed E-state index contributed by atoms with van der Waals surface area (Å²) in [6.45, 7) is 1.84. The van der Waals surface area contributed by atoms with E-state index in [0.717, 1.165) is 10.3 Å². The largest absolute Gasteiger partial charge is 0.484 e. The molecule has 0 saturated carbocycles. The molecule has 0 atom stereocenters. The van der Waals surface area contributed by atoms with Crippen molar-refractivity contribution in [1.29, 1.82) is 0 Å². The first-order chi connectivity index (χ1) is 16.9. The zero-order chi connectivity index (χ0) is 24.8. The highest BCUT2D eigenvalue weighted by atomic mass is 32.1. The molecule has 2 N–H and O–H groups in total. The van der Waals surface area contributed by atoms with Crippen LogP contribution in [0.3, 0.4) is 0 Å². The molecule has 9 nitrogen and oxygen atoms in total. The SMILES string of the molecule is Cc1ccc(NC(=O)COc2ccc(/C=N\NC(=O)c3cc4cc([N+](=O)[O-])ccc4s3)cc2)cc1. The normalized spacial score (nSPS) is 10.9. The van der Waals surface area contributed by atoms with Gasteiger partial charge in [-0.1, -0.05) is 17.7 Å². The van der Waals surface area contributed by atoms with E-state index in [1.807, 2.05) is 31.2 Å². The van der Waals surface area contributed by atoms with Gasteiger partial charge in [0.2, 0.25) is 0 Å². The third-order valence-corrected chi connectivity index (χ3v) is 6.01. The lowest BCUT2D eigenvalue weighted by Gasteiger charge is -2.08. The van der Waals surface area contributed by atoms with E-state index in [2.05, 4.69) is 15.8 Å². The Balaban J connectivity index is 1.27. The molecule has 3 aromatic carbocycles. The zero-order valence-electron chi connectivity index (χ0n) is 18.6. The number of hydrogen-bond acceptors (Lipinski definition) is 7. The summed E-state index contributed by atoms with van der Waals surface area (Å²) in [6.07, 6.45) is 1.48. The molecular formula is C25H20N4O5S. The lowest BCUT2D eigenvalue weighted by Crippen LogP contribution is -2.20. The summed E-state index contributed by atoms with van der Waals surface area (Å²) in [4.78, 5) is 35.2. The molecule has 35 heavy (non-hydrogen) atoms. The van der Waals surface area contributed by atoms with Gasteiger partial charge in [0.1, 0.15) is 5.75 Å². The maximum absolute atomic E-state index is 12.4. The number of nitrogens with zero attached hydrogens (tertiary/aromatic N) is 2. The van der Waals surface area contributed by atoms with Crippen LogP contribution in [0.5, 0.6) is 5.75 Å². The fourth-order valence-corrected chi connectivity index (χ4v) is 4.04. The Labute approximate surface area is 204 Å². The molecule has 0 aliphatic heterocycles. The van der Waals surface area contributed by atoms with Crippen molar-refractivity contribution < 1.29 is 19.2 Å². The maximum atomic E-state index is 12.4. The first-order valence-electron chi connectivity index (χ1n) is 10.5. The molecule has 10 heteroatoms. The number of fused-ring (bicyclic) bond motifs is 1. The number of hydrogen-bond donors (Lipinski definition) is 2. The number of ether oxygens (including phenoxy) is 1. The highest BCUT2D eigenvalue weighted by molar-refractivity contribution is 7.20. The van der Waals surface area contributed by atoms with E-state index in [4.69, 9.17) is 4.74 Å². The number of nitrogens with one attached hydrogen (secondary N) is 2. The van der Waals surface area contributed by atoms with Crippen LogP contribution in [-0.2, 0) is 4.79 Å². The average Bonchev–Trinajstić information content (AvgIpc) is 3.28. The van der Waals surface area contributed by atoms with Crippen LogP contribution in [0.25, 0.3) is 10.1 Å². The number of carbonyl (C=O) groups is 2. The van der Waals surface area contributed by atoms with Gasteiger partial charge in [-0.25, -0.2) is 5.43 Å². The first-order valence-corrected chi connectivity index (χ1v) is 11.3. The molecule has 0 spiro atoms. The fourth-order valence-electron chi connectivity index (χ4n) is 3.11. The molecule has 1 heterocycles. The topological polar surface area (TPSA) is 123 Å². The van der Waals surface area contributed by atoms with E-state index >= 15 is 0 Å². The minimum atomic E-state index is -0.475. The predicted octanol–water partition coefficient (Wildman–Crippen LogP) is 4.90. The second kappa shape index (κ2) is 10.6. The Morgan fingerprint density at radius 3 is 2.51 bits per heavy atom. The molecule has 0 fully saturated rings. The smallest absolute Gasteiger partial charge is 0.281 e. The highest BCUT2D eigenvalue weighted by Crippen LogP contribution is 2.28. The van der Waals surface area contributed by atoms with Crippen molar-refractivity contribution in [2.75, 3.05) is 11.9 Å². The molecule has 0 saturated heterocycles. The third kappa shape index (κ3) is 6.27. The first kappa shape index (κ1) is 23.6. The van der Waals surface area contributed by atoms with Crippen molar-refractivity contribution in [2.24, 2.45) is 5.10 Å². The number of hydrazone groups is 1. The van der Waals surface area contributed by atoms with Gasteiger partial charge in [0.25, 0.3) is 17.5 Å². The van der Waals surface area contributed by atoms with Crippen LogP contribution < -0.4 is 15.5 Å². The maximum Gasteiger partial charge on any atom is 0.281 e. The number of thiophene rings is 1. The molecule has 2 amide bonds. The quantitative estimate of drug-likeness (QED) is 0.207. The summed E-state index contributed by atoms with van der Waals surface area (Å²) in [5.74, 6) is -0.160. The van der Waals surface area contributed by atoms with Crippen molar-refractivity contribution in [1.82, 2.24) is 5.43 Å². The number of benzene rings is 3. The predicted molar refractivity (Wildman–Crippen MR) is 135 cm³/mol. The zero-order valence-corrected chi connectivity index (χ0v) is 19.4. The Kier molecular flexibility index (Phi) is 7.12. The second-order valence-corrected chi connectivity index (χ2v) is 8.64. The van der Waals surface area contributed by atoms with E-state index in [0.29, 0.717) is 27.3 Å². The Bertz CT molecular complexity index is 1410. The summed E-state index contributed by atoms with van der Waals surface area (Å²) in [7, 11) is 0. The number of non-ortho nitro benzene ring substituents is 1. The Morgan fingerprint density at radius 1 is 1.06 bits per heavy atom. The number of anilines is 1. The summed E-state index contributed by atoms with van der Waals surface area (Å²) >= 11 is 1.22. The van der Waals surface area contributed by atoms with E-state index < -0.39 is 10.8 Å². The highest BCUT2D eigenvalue weighted by Gasteiger charge is 2.13. The molecule has 0 aliphatic rings. The summed E-state index contributed by atoms with van der Waals surface area (Å²) in [6, 6.07) is 20.4. The minimum absolute atomic E-state index is 0.0281. The number of rotatable bonds is 8. The van der Waals surface area contributed by atoms with Crippen molar-refractivity contribution >= 4 is 50.8 Å². The lowest BCUT2D eigenvalue weighted by atomic mass is 10.2. The van der Waals surface area contributed by atoms with Crippen LogP contribution in [0.15, 0.2) is 77.9 Å². The van der Waals surface area contributed by atoms with E-state index in [-0.39, 0.29) is 18.2 Å². The molecule has 4 rings (SSSR count). The molecule has 0 unspecified atom stereocenters. The van der Waals surface area contributed by atoms with E-state index in [1.165, 1.54) is 29.7 Å². The fraction of sp³-hybridized carbons (Fsp3) is 0.0800. The van der Waals surface area contributed by atoms with Crippen LogP contribution in [0.2, 0.25) is 0 Å². The van der Waals surface area contributed by atoms with Gasteiger partial charge in [-0.05, 0) is 61.0 Å². The molecule has 0 radical (unpaired) electrons. The van der Waals surface area contributed by atoms with Gasteiger partial charge < -0.3 is 10.1 Å². The lowest BCUT2D eigenvalue weighted by molar-refractivity contribution is -0.384. The van der Waals surface area contributed by atoms with Crippen LogP contribution in [0.1, 0.15) is 20.8 Å². The molecule has 176 valence electrons. The summed E-state index contributed by atoms with van der Waals surface area (Å²) < 4.78 is 6.28. The summed E-state index contributed by atoms with van der Waals surface area (Å²) in [5, 5.41) is 18.3. The van der Waals surface area contributed by atoms with E-state index in [1.54, 1.807) is 36.4 Å². The number of amides is 2. The van der Waals surface area contributed by atoms with Crippen LogP contribution in [-0.4, -0.2) is 29.6 Å². The standard InChI is InChI=1S/C25H20N4O5S/c1-16-2-6-19(7-3-16)27-24(30)15-34-21-9-4-17(5-10-21)14-26-28-25(31)23-13-18-12-20(29(32)33)8-11-22(18)35-23/h2-14H,15H2,1H3,(H,27,30)(H,28,31)/b26-14-. The number of carbonyl (C=O) groups excluding carboxylic acids is 2. The molecule has 4 aromatic rings.